The van der Waals surface area contributed by atoms with E-state index in [0.29, 0.717) is 35.3 Å². The fraction of sp³-hybridized carbons (Fsp3) is 0.143. The van der Waals surface area contributed by atoms with Crippen molar-refractivity contribution < 1.29 is 9.53 Å². The van der Waals surface area contributed by atoms with Crippen molar-refractivity contribution in [3.63, 3.8) is 0 Å². The molecule has 1 amide bonds. The van der Waals surface area contributed by atoms with Gasteiger partial charge in [0, 0.05) is 6.20 Å². The molecule has 2 heterocycles. The maximum Gasteiger partial charge on any atom is 0.277 e. The Balaban J connectivity index is 2.01. The van der Waals surface area contributed by atoms with E-state index in [2.05, 4.69) is 4.98 Å². The molecule has 0 saturated heterocycles. The predicted octanol–water partition coefficient (Wildman–Crippen LogP) is 2.77. The molecule has 0 atom stereocenters. The van der Waals surface area contributed by atoms with Gasteiger partial charge in [0.15, 0.2) is 5.75 Å². The Bertz CT molecular complexity index is 616. The number of carbonyl (C=O) groups excluding carboxylic acids is 1. The van der Waals surface area contributed by atoms with Gasteiger partial charge < -0.3 is 9.64 Å². The number of pyridine rings is 1. The number of aromatic nitrogens is 1. The molecule has 2 aromatic rings. The summed E-state index contributed by atoms with van der Waals surface area (Å²) in [5.41, 5.74) is 1.10. The Morgan fingerprint density at radius 3 is 2.95 bits per heavy atom. The van der Waals surface area contributed by atoms with Crippen LogP contribution in [-0.4, -0.2) is 24.0 Å². The number of hydrogen-bond donors (Lipinski definition) is 0. The smallest absolute Gasteiger partial charge is 0.277 e. The monoisotopic (exact) mass is 274 g/mol. The zero-order valence-corrected chi connectivity index (χ0v) is 10.8. The quantitative estimate of drug-likeness (QED) is 0.803. The van der Waals surface area contributed by atoms with Gasteiger partial charge in [-0.05, 0) is 24.3 Å². The Hall–Kier alpha value is -2.07. The van der Waals surface area contributed by atoms with Crippen LogP contribution in [0.2, 0.25) is 5.02 Å². The van der Waals surface area contributed by atoms with E-state index in [9.17, 15) is 4.79 Å². The second kappa shape index (κ2) is 4.90. The highest BCUT2D eigenvalue weighted by molar-refractivity contribution is 6.32. The van der Waals surface area contributed by atoms with Gasteiger partial charge in [-0.1, -0.05) is 23.7 Å². The molecule has 0 fully saturated rings. The van der Waals surface area contributed by atoms with Crippen LogP contribution < -0.4 is 9.64 Å². The molecule has 5 heteroatoms. The van der Waals surface area contributed by atoms with E-state index in [0.717, 1.165) is 0 Å². The molecule has 1 aliphatic rings. The molecule has 1 aliphatic heterocycles. The number of ether oxygens (including phenoxy) is 1. The van der Waals surface area contributed by atoms with Crippen molar-refractivity contribution in [1.29, 1.82) is 0 Å². The lowest BCUT2D eigenvalue weighted by molar-refractivity contribution is 0.0972. The molecule has 96 valence electrons. The number of nitrogens with zero attached hydrogens (tertiary/aromatic N) is 2. The molecule has 0 unspecified atom stereocenters. The van der Waals surface area contributed by atoms with Gasteiger partial charge in [0.25, 0.3) is 5.91 Å². The predicted molar refractivity (Wildman–Crippen MR) is 72.9 cm³/mol. The molecule has 0 bridgehead atoms. The highest BCUT2D eigenvalue weighted by Gasteiger charge is 2.26. The van der Waals surface area contributed by atoms with Crippen LogP contribution in [-0.2, 0) is 0 Å². The molecule has 0 radical (unpaired) electrons. The van der Waals surface area contributed by atoms with Gasteiger partial charge in [0.05, 0.1) is 17.3 Å². The van der Waals surface area contributed by atoms with Crippen molar-refractivity contribution >= 4 is 23.2 Å². The number of para-hydroxylation sites is 1. The van der Waals surface area contributed by atoms with Crippen LogP contribution in [0.25, 0.3) is 0 Å². The third-order valence-corrected chi connectivity index (χ3v) is 3.23. The van der Waals surface area contributed by atoms with Crippen molar-refractivity contribution in [3.05, 3.63) is 53.3 Å². The molecular weight excluding hydrogens is 264 g/mol. The zero-order chi connectivity index (χ0) is 13.2. The van der Waals surface area contributed by atoms with E-state index in [1.54, 1.807) is 41.4 Å². The molecule has 19 heavy (non-hydrogen) atoms. The molecule has 1 aromatic heterocycles. The van der Waals surface area contributed by atoms with Crippen molar-refractivity contribution in [2.75, 3.05) is 18.1 Å². The molecular formula is C14H11ClN2O2. The summed E-state index contributed by atoms with van der Waals surface area (Å²) in [6.45, 7) is 0.915. The average Bonchev–Trinajstić information content (AvgIpc) is 2.47. The number of benzene rings is 1. The number of fused-ring (bicyclic) bond motifs is 1. The Labute approximate surface area is 115 Å². The summed E-state index contributed by atoms with van der Waals surface area (Å²) in [7, 11) is 0. The van der Waals surface area contributed by atoms with E-state index in [4.69, 9.17) is 16.3 Å². The van der Waals surface area contributed by atoms with Crippen LogP contribution in [0, 0.1) is 0 Å². The third-order valence-electron chi connectivity index (χ3n) is 2.93. The Kier molecular flexibility index (Phi) is 3.09. The largest absolute Gasteiger partial charge is 0.488 e. The van der Waals surface area contributed by atoms with Crippen LogP contribution in [0.15, 0.2) is 42.6 Å². The highest BCUT2D eigenvalue weighted by atomic mass is 35.5. The number of anilines is 1. The fourth-order valence-corrected chi connectivity index (χ4v) is 2.27. The molecule has 0 aliphatic carbocycles. The van der Waals surface area contributed by atoms with E-state index in [-0.39, 0.29) is 5.91 Å². The number of carbonyl (C=O) groups is 1. The Morgan fingerprint density at radius 1 is 1.26 bits per heavy atom. The summed E-state index contributed by atoms with van der Waals surface area (Å²) in [6.07, 6.45) is 1.60. The second-order valence-electron chi connectivity index (χ2n) is 4.11. The SMILES string of the molecule is O=C(c1ccccn1)N1CCOc2c(Cl)cccc21. The molecule has 0 spiro atoms. The van der Waals surface area contributed by atoms with Crippen LogP contribution in [0.3, 0.4) is 0 Å². The summed E-state index contributed by atoms with van der Waals surface area (Å²) < 4.78 is 5.52. The van der Waals surface area contributed by atoms with Gasteiger partial charge in [0.1, 0.15) is 12.3 Å². The fourth-order valence-electron chi connectivity index (χ4n) is 2.05. The van der Waals surface area contributed by atoms with Crippen LogP contribution in [0.4, 0.5) is 5.69 Å². The first kappa shape index (κ1) is 12.0. The van der Waals surface area contributed by atoms with Gasteiger partial charge in [0.2, 0.25) is 0 Å². The Morgan fingerprint density at radius 2 is 2.16 bits per heavy atom. The number of halogens is 1. The van der Waals surface area contributed by atoms with Crippen molar-refractivity contribution in [1.82, 2.24) is 4.98 Å². The summed E-state index contributed by atoms with van der Waals surface area (Å²) >= 11 is 6.08. The number of amides is 1. The zero-order valence-electron chi connectivity index (χ0n) is 10.0. The average molecular weight is 275 g/mol. The van der Waals surface area contributed by atoms with Crippen LogP contribution in [0.5, 0.6) is 5.75 Å². The maximum absolute atomic E-state index is 12.4. The van der Waals surface area contributed by atoms with Crippen molar-refractivity contribution in [2.45, 2.75) is 0 Å². The minimum Gasteiger partial charge on any atom is -0.488 e. The van der Waals surface area contributed by atoms with E-state index >= 15 is 0 Å². The van der Waals surface area contributed by atoms with Gasteiger partial charge in [-0.15, -0.1) is 0 Å². The van der Waals surface area contributed by atoms with Gasteiger partial charge in [-0.2, -0.15) is 0 Å². The lowest BCUT2D eigenvalue weighted by Crippen LogP contribution is -2.38. The lowest BCUT2D eigenvalue weighted by Gasteiger charge is -2.29. The van der Waals surface area contributed by atoms with Crippen LogP contribution >= 0.6 is 11.6 Å². The summed E-state index contributed by atoms with van der Waals surface area (Å²) in [6, 6.07) is 10.6. The molecule has 0 N–H and O–H groups in total. The molecule has 0 saturated carbocycles. The standard InChI is InChI=1S/C14H11ClN2O2/c15-10-4-3-6-12-13(10)19-9-8-17(12)14(18)11-5-1-2-7-16-11/h1-7H,8-9H2. The molecule has 1 aromatic carbocycles. The minimum atomic E-state index is -0.146. The van der Waals surface area contributed by atoms with E-state index in [1.807, 2.05) is 6.07 Å². The van der Waals surface area contributed by atoms with Crippen molar-refractivity contribution in [2.24, 2.45) is 0 Å². The number of hydrogen-bond acceptors (Lipinski definition) is 3. The normalized spacial score (nSPS) is 13.6. The first-order valence-electron chi connectivity index (χ1n) is 5.91. The van der Waals surface area contributed by atoms with Gasteiger partial charge in [-0.25, -0.2) is 0 Å². The summed E-state index contributed by atoms with van der Waals surface area (Å²) in [5.74, 6) is 0.409. The maximum atomic E-state index is 12.4. The van der Waals surface area contributed by atoms with E-state index < -0.39 is 0 Å². The lowest BCUT2D eigenvalue weighted by atomic mass is 10.2. The number of rotatable bonds is 1. The van der Waals surface area contributed by atoms with Gasteiger partial charge >= 0.3 is 0 Å². The second-order valence-corrected chi connectivity index (χ2v) is 4.52. The van der Waals surface area contributed by atoms with Gasteiger partial charge in [-0.3, -0.25) is 9.78 Å². The van der Waals surface area contributed by atoms with Crippen molar-refractivity contribution in [3.8, 4) is 5.75 Å². The first-order chi connectivity index (χ1) is 9.27. The third kappa shape index (κ3) is 2.15. The first-order valence-corrected chi connectivity index (χ1v) is 6.29. The summed E-state index contributed by atoms with van der Waals surface area (Å²) in [5, 5.41) is 0.510. The topological polar surface area (TPSA) is 42.4 Å². The molecule has 3 rings (SSSR count). The minimum absolute atomic E-state index is 0.146. The molecule has 4 nitrogen and oxygen atoms in total. The van der Waals surface area contributed by atoms with Crippen LogP contribution in [0.1, 0.15) is 10.5 Å². The van der Waals surface area contributed by atoms with E-state index in [1.165, 1.54) is 0 Å². The summed E-state index contributed by atoms with van der Waals surface area (Å²) in [4.78, 5) is 18.2. The highest BCUT2D eigenvalue weighted by Crippen LogP contribution is 2.38.